The number of ketones is 1. The van der Waals surface area contributed by atoms with Crippen molar-refractivity contribution < 1.29 is 18.0 Å². The molecule has 0 aliphatic carbocycles. The van der Waals surface area contributed by atoms with E-state index in [2.05, 4.69) is 15.5 Å². The van der Waals surface area contributed by atoms with Gasteiger partial charge in [0, 0.05) is 11.3 Å². The lowest BCUT2D eigenvalue weighted by Gasteiger charge is -2.14. The zero-order valence-corrected chi connectivity index (χ0v) is 19.2. The molecule has 0 radical (unpaired) electrons. The van der Waals surface area contributed by atoms with Crippen LogP contribution >= 0.6 is 23.4 Å². The summed E-state index contributed by atoms with van der Waals surface area (Å²) in [6.07, 6.45) is -4.49. The Hall–Kier alpha value is -3.30. The molecule has 5 nitrogen and oxygen atoms in total. The summed E-state index contributed by atoms with van der Waals surface area (Å²) in [5.41, 5.74) is 0.683. The molecule has 0 atom stereocenters. The molecule has 174 valence electrons. The predicted molar refractivity (Wildman–Crippen MR) is 127 cm³/mol. The van der Waals surface area contributed by atoms with Crippen LogP contribution in [0.2, 0.25) is 5.02 Å². The highest BCUT2D eigenvalue weighted by Gasteiger charge is 2.31. The first-order chi connectivity index (χ1) is 16.3. The number of thioether (sulfide) groups is 1. The summed E-state index contributed by atoms with van der Waals surface area (Å²) in [6.45, 7) is 0.0656. The van der Waals surface area contributed by atoms with E-state index in [-0.39, 0.29) is 28.8 Å². The topological polar surface area (TPSA) is 59.8 Å². The number of rotatable bonds is 8. The summed E-state index contributed by atoms with van der Waals surface area (Å²) in [5.74, 6) is 0.556. The van der Waals surface area contributed by atoms with Crippen LogP contribution in [0.15, 0.2) is 84.0 Å². The number of para-hydroxylation sites is 1. The van der Waals surface area contributed by atoms with Crippen molar-refractivity contribution in [2.45, 2.75) is 17.9 Å². The van der Waals surface area contributed by atoms with Crippen LogP contribution < -0.4 is 5.32 Å². The molecule has 34 heavy (non-hydrogen) atoms. The molecule has 0 saturated carbocycles. The van der Waals surface area contributed by atoms with Crippen molar-refractivity contribution in [1.82, 2.24) is 14.8 Å². The first-order valence-corrected chi connectivity index (χ1v) is 11.5. The molecular weight excluding hydrogens is 485 g/mol. The standard InChI is InChI=1S/C24H18ClF3N4OS/c25-19-12-11-17(24(26,27)28)13-20(19)29-14-22-30-31-23(32(22)18-9-5-2-6-10-18)34-15-21(33)16-7-3-1-4-8-16/h1-13,29H,14-15H2. The highest BCUT2D eigenvalue weighted by Crippen LogP contribution is 2.34. The number of nitrogens with zero attached hydrogens (tertiary/aromatic N) is 3. The second kappa shape index (κ2) is 10.3. The van der Waals surface area contributed by atoms with Gasteiger partial charge in [-0.1, -0.05) is 71.9 Å². The van der Waals surface area contributed by atoms with Crippen molar-refractivity contribution in [3.8, 4) is 5.69 Å². The Morgan fingerprint density at radius 3 is 2.32 bits per heavy atom. The van der Waals surface area contributed by atoms with E-state index in [0.29, 0.717) is 16.5 Å². The molecule has 4 rings (SSSR count). The molecule has 10 heteroatoms. The first kappa shape index (κ1) is 23.8. The number of aromatic nitrogens is 3. The van der Waals surface area contributed by atoms with Crippen LogP contribution in [0.1, 0.15) is 21.7 Å². The molecule has 1 heterocycles. The molecule has 0 saturated heterocycles. The van der Waals surface area contributed by atoms with Crippen LogP contribution in [0.3, 0.4) is 0 Å². The van der Waals surface area contributed by atoms with Gasteiger partial charge in [-0.05, 0) is 30.3 Å². The fraction of sp³-hybridized carbons (Fsp3) is 0.125. The quantitative estimate of drug-likeness (QED) is 0.219. The fourth-order valence-corrected chi connectivity index (χ4v) is 4.24. The summed E-state index contributed by atoms with van der Waals surface area (Å²) in [4.78, 5) is 12.5. The van der Waals surface area contributed by atoms with Gasteiger partial charge < -0.3 is 5.32 Å². The Kier molecular flexibility index (Phi) is 7.23. The molecular formula is C24H18ClF3N4OS. The Labute approximate surface area is 203 Å². The number of carbonyl (C=O) groups is 1. The zero-order chi connectivity index (χ0) is 24.1. The Balaban J connectivity index is 1.57. The van der Waals surface area contributed by atoms with Crippen LogP contribution in [0.25, 0.3) is 5.69 Å². The van der Waals surface area contributed by atoms with E-state index in [1.807, 2.05) is 36.4 Å². The third-order valence-electron chi connectivity index (χ3n) is 4.87. The zero-order valence-electron chi connectivity index (χ0n) is 17.6. The summed E-state index contributed by atoms with van der Waals surface area (Å²) in [5, 5.41) is 12.0. The number of nitrogens with one attached hydrogen (secondary N) is 1. The average Bonchev–Trinajstić information content (AvgIpc) is 3.25. The maximum Gasteiger partial charge on any atom is 0.416 e. The van der Waals surface area contributed by atoms with Crippen molar-refractivity contribution in [1.29, 1.82) is 0 Å². The van der Waals surface area contributed by atoms with Crippen LogP contribution in [0, 0.1) is 0 Å². The van der Waals surface area contributed by atoms with E-state index in [4.69, 9.17) is 11.6 Å². The maximum absolute atomic E-state index is 13.1. The normalized spacial score (nSPS) is 11.4. The number of hydrogen-bond donors (Lipinski definition) is 1. The number of anilines is 1. The smallest absolute Gasteiger partial charge is 0.377 e. The van der Waals surface area contributed by atoms with E-state index in [0.717, 1.165) is 17.8 Å². The van der Waals surface area contributed by atoms with E-state index in [1.165, 1.54) is 17.8 Å². The number of alkyl halides is 3. The highest BCUT2D eigenvalue weighted by molar-refractivity contribution is 7.99. The molecule has 1 N–H and O–H groups in total. The minimum atomic E-state index is -4.49. The highest BCUT2D eigenvalue weighted by atomic mass is 35.5. The molecule has 0 amide bonds. The van der Waals surface area contributed by atoms with Crippen molar-refractivity contribution in [3.05, 3.63) is 101 Å². The van der Waals surface area contributed by atoms with E-state index >= 15 is 0 Å². The second-order valence-electron chi connectivity index (χ2n) is 7.19. The van der Waals surface area contributed by atoms with Crippen LogP contribution in [0.4, 0.5) is 18.9 Å². The lowest BCUT2D eigenvalue weighted by molar-refractivity contribution is -0.137. The maximum atomic E-state index is 13.1. The Bertz CT molecular complexity index is 1280. The Morgan fingerprint density at radius 1 is 0.971 bits per heavy atom. The number of benzene rings is 3. The van der Waals surface area contributed by atoms with Gasteiger partial charge in [-0.2, -0.15) is 13.2 Å². The number of halogens is 4. The van der Waals surface area contributed by atoms with Gasteiger partial charge in [0.15, 0.2) is 16.8 Å². The van der Waals surface area contributed by atoms with Crippen LogP contribution in [0.5, 0.6) is 0 Å². The van der Waals surface area contributed by atoms with E-state index in [1.54, 1.807) is 28.8 Å². The molecule has 0 fully saturated rings. The largest absolute Gasteiger partial charge is 0.416 e. The number of carbonyl (C=O) groups excluding carboxylic acids is 1. The van der Waals surface area contributed by atoms with Crippen molar-refractivity contribution in [2.24, 2.45) is 0 Å². The summed E-state index contributed by atoms with van der Waals surface area (Å²) in [7, 11) is 0. The SMILES string of the molecule is O=C(CSc1nnc(CNc2cc(C(F)(F)F)ccc2Cl)n1-c1ccccc1)c1ccccc1. The van der Waals surface area contributed by atoms with Crippen molar-refractivity contribution in [3.63, 3.8) is 0 Å². The first-order valence-electron chi connectivity index (χ1n) is 10.1. The lowest BCUT2D eigenvalue weighted by Crippen LogP contribution is -2.10. The van der Waals surface area contributed by atoms with Crippen molar-refractivity contribution in [2.75, 3.05) is 11.1 Å². The molecule has 3 aromatic carbocycles. The molecule has 1 aromatic heterocycles. The van der Waals surface area contributed by atoms with E-state index < -0.39 is 11.7 Å². The third kappa shape index (κ3) is 5.60. The lowest BCUT2D eigenvalue weighted by atomic mass is 10.2. The minimum Gasteiger partial charge on any atom is -0.377 e. The summed E-state index contributed by atoms with van der Waals surface area (Å²) >= 11 is 7.34. The van der Waals surface area contributed by atoms with Gasteiger partial charge in [0.1, 0.15) is 0 Å². The van der Waals surface area contributed by atoms with Crippen LogP contribution in [-0.4, -0.2) is 26.3 Å². The number of Topliss-reactive ketones (excluding diaryl/α,β-unsaturated/α-hetero) is 1. The molecule has 0 bridgehead atoms. The van der Waals surface area contributed by atoms with Crippen LogP contribution in [-0.2, 0) is 12.7 Å². The van der Waals surface area contributed by atoms with E-state index in [9.17, 15) is 18.0 Å². The number of hydrogen-bond acceptors (Lipinski definition) is 5. The predicted octanol–water partition coefficient (Wildman–Crippen LogP) is 6.53. The summed E-state index contributed by atoms with van der Waals surface area (Å²) in [6, 6.07) is 21.3. The molecule has 0 aliphatic rings. The summed E-state index contributed by atoms with van der Waals surface area (Å²) < 4.78 is 41.1. The van der Waals surface area contributed by atoms with Gasteiger partial charge in [0.2, 0.25) is 0 Å². The third-order valence-corrected chi connectivity index (χ3v) is 6.13. The van der Waals surface area contributed by atoms with Gasteiger partial charge in [-0.25, -0.2) is 0 Å². The van der Waals surface area contributed by atoms with Gasteiger partial charge in [-0.15, -0.1) is 10.2 Å². The molecule has 4 aromatic rings. The minimum absolute atomic E-state index is 0.0522. The van der Waals surface area contributed by atoms with Crippen molar-refractivity contribution >= 4 is 34.8 Å². The van der Waals surface area contributed by atoms with Gasteiger partial charge in [0.25, 0.3) is 0 Å². The fourth-order valence-electron chi connectivity index (χ4n) is 3.19. The van der Waals surface area contributed by atoms with Gasteiger partial charge in [-0.3, -0.25) is 9.36 Å². The monoisotopic (exact) mass is 502 g/mol. The van der Waals surface area contributed by atoms with Gasteiger partial charge in [0.05, 0.1) is 28.6 Å². The molecule has 0 aliphatic heterocycles. The molecule has 0 unspecified atom stereocenters. The van der Waals surface area contributed by atoms with Gasteiger partial charge >= 0.3 is 6.18 Å². The average molecular weight is 503 g/mol. The Morgan fingerprint density at radius 2 is 1.65 bits per heavy atom. The second-order valence-corrected chi connectivity index (χ2v) is 8.54. The molecule has 0 spiro atoms.